The van der Waals surface area contributed by atoms with Gasteiger partial charge in [-0.05, 0) is 24.6 Å². The highest BCUT2D eigenvalue weighted by molar-refractivity contribution is 6.37. The molecule has 2 rings (SSSR count). The van der Waals surface area contributed by atoms with E-state index in [0.29, 0.717) is 23.3 Å². The van der Waals surface area contributed by atoms with Crippen molar-refractivity contribution in [2.45, 2.75) is 13.3 Å². The zero-order valence-electron chi connectivity index (χ0n) is 9.72. The fraction of sp³-hybridized carbons (Fsp3) is 0.250. The Hall–Kier alpha value is -1.88. The molecule has 0 bridgehead atoms. The van der Waals surface area contributed by atoms with E-state index in [2.05, 4.69) is 4.98 Å². The second-order valence-corrected chi connectivity index (χ2v) is 4.12. The van der Waals surface area contributed by atoms with Crippen LogP contribution in [-0.2, 0) is 0 Å². The summed E-state index contributed by atoms with van der Waals surface area (Å²) >= 11 is 6.01. The molecule has 0 aliphatic rings. The Balaban J connectivity index is 2.52. The second kappa shape index (κ2) is 5.18. The van der Waals surface area contributed by atoms with Gasteiger partial charge >= 0.3 is 5.69 Å². The van der Waals surface area contributed by atoms with E-state index in [9.17, 15) is 10.1 Å². The smallest absolute Gasteiger partial charge is 0.306 e. The molecule has 0 unspecified atom stereocenters. The number of nitro groups is 1. The van der Waals surface area contributed by atoms with Crippen molar-refractivity contribution < 1.29 is 9.66 Å². The van der Waals surface area contributed by atoms with Crippen LogP contribution >= 0.6 is 11.6 Å². The van der Waals surface area contributed by atoms with Crippen LogP contribution in [-0.4, -0.2) is 16.5 Å². The molecule has 94 valence electrons. The van der Waals surface area contributed by atoms with Crippen LogP contribution in [0.2, 0.25) is 5.02 Å². The maximum absolute atomic E-state index is 10.8. The normalized spacial score (nSPS) is 10.6. The average molecular weight is 267 g/mol. The minimum Gasteiger partial charge on any atom is -0.494 e. The molecular formula is C12H11ClN2O3. The molecule has 0 saturated carbocycles. The molecule has 0 aliphatic carbocycles. The number of pyridine rings is 1. The molecule has 0 radical (unpaired) electrons. The number of aromatic nitrogens is 1. The summed E-state index contributed by atoms with van der Waals surface area (Å²) in [7, 11) is 0. The van der Waals surface area contributed by atoms with Crippen molar-refractivity contribution in [1.82, 2.24) is 4.98 Å². The predicted molar refractivity (Wildman–Crippen MR) is 69.2 cm³/mol. The molecular weight excluding hydrogens is 256 g/mol. The SMILES string of the molecule is CCCOc1ccc2ncc([N+](=O)[O-])c(Cl)c2c1. The first-order valence-corrected chi connectivity index (χ1v) is 5.86. The molecule has 5 nitrogen and oxygen atoms in total. The number of fused-ring (bicyclic) bond motifs is 1. The molecule has 1 aromatic heterocycles. The van der Waals surface area contributed by atoms with E-state index in [0.717, 1.165) is 12.6 Å². The first-order valence-electron chi connectivity index (χ1n) is 5.49. The number of halogens is 1. The van der Waals surface area contributed by atoms with E-state index >= 15 is 0 Å². The fourth-order valence-corrected chi connectivity index (χ4v) is 1.84. The van der Waals surface area contributed by atoms with Gasteiger partial charge in [-0.25, -0.2) is 4.98 Å². The molecule has 0 spiro atoms. The van der Waals surface area contributed by atoms with Crippen LogP contribution in [0.5, 0.6) is 5.75 Å². The molecule has 0 fully saturated rings. The van der Waals surface area contributed by atoms with Crippen LogP contribution < -0.4 is 4.74 Å². The van der Waals surface area contributed by atoms with Gasteiger partial charge in [0, 0.05) is 5.39 Å². The monoisotopic (exact) mass is 266 g/mol. The van der Waals surface area contributed by atoms with Crippen LogP contribution in [0.25, 0.3) is 10.9 Å². The lowest BCUT2D eigenvalue weighted by molar-refractivity contribution is -0.384. The molecule has 2 aromatic rings. The quantitative estimate of drug-likeness (QED) is 0.627. The van der Waals surface area contributed by atoms with E-state index in [1.165, 1.54) is 0 Å². The number of ether oxygens (including phenoxy) is 1. The van der Waals surface area contributed by atoms with E-state index in [1.54, 1.807) is 18.2 Å². The molecule has 6 heteroatoms. The average Bonchev–Trinajstić information content (AvgIpc) is 2.36. The molecule has 0 atom stereocenters. The zero-order valence-corrected chi connectivity index (χ0v) is 10.5. The summed E-state index contributed by atoms with van der Waals surface area (Å²) < 4.78 is 5.46. The molecule has 1 heterocycles. The Labute approximate surface area is 108 Å². The van der Waals surface area contributed by atoms with E-state index in [1.807, 2.05) is 6.92 Å². The van der Waals surface area contributed by atoms with Crippen molar-refractivity contribution in [3.63, 3.8) is 0 Å². The van der Waals surface area contributed by atoms with Gasteiger partial charge in [0.15, 0.2) is 0 Å². The minimum absolute atomic E-state index is 0.0898. The largest absolute Gasteiger partial charge is 0.494 e. The Morgan fingerprint density at radius 3 is 2.94 bits per heavy atom. The van der Waals surface area contributed by atoms with Crippen LogP contribution in [0.4, 0.5) is 5.69 Å². The molecule has 1 aromatic carbocycles. The van der Waals surface area contributed by atoms with Crippen LogP contribution in [0, 0.1) is 10.1 Å². The Morgan fingerprint density at radius 1 is 1.50 bits per heavy atom. The van der Waals surface area contributed by atoms with Gasteiger partial charge in [-0.2, -0.15) is 0 Å². The highest BCUT2D eigenvalue weighted by Gasteiger charge is 2.16. The topological polar surface area (TPSA) is 65.3 Å². The van der Waals surface area contributed by atoms with E-state index in [4.69, 9.17) is 16.3 Å². The van der Waals surface area contributed by atoms with Crippen molar-refractivity contribution in [2.24, 2.45) is 0 Å². The van der Waals surface area contributed by atoms with Gasteiger partial charge in [-0.1, -0.05) is 18.5 Å². The van der Waals surface area contributed by atoms with Gasteiger partial charge in [-0.15, -0.1) is 0 Å². The van der Waals surface area contributed by atoms with Crippen molar-refractivity contribution in [3.8, 4) is 5.75 Å². The number of nitrogens with zero attached hydrogens (tertiary/aromatic N) is 2. The molecule has 18 heavy (non-hydrogen) atoms. The summed E-state index contributed by atoms with van der Waals surface area (Å²) in [6, 6.07) is 5.18. The van der Waals surface area contributed by atoms with Gasteiger partial charge in [0.25, 0.3) is 0 Å². The van der Waals surface area contributed by atoms with Crippen molar-refractivity contribution in [3.05, 3.63) is 39.5 Å². The Kier molecular flexibility index (Phi) is 3.62. The summed E-state index contributed by atoms with van der Waals surface area (Å²) in [5.74, 6) is 0.633. The number of benzene rings is 1. The van der Waals surface area contributed by atoms with Gasteiger partial charge in [0.1, 0.15) is 17.0 Å². The standard InChI is InChI=1S/C12H11ClN2O3/c1-2-5-18-8-3-4-10-9(6-8)12(13)11(7-14-10)15(16)17/h3-4,6-7H,2,5H2,1H3. The van der Waals surface area contributed by atoms with E-state index < -0.39 is 4.92 Å². The van der Waals surface area contributed by atoms with Crippen LogP contribution in [0.3, 0.4) is 0 Å². The van der Waals surface area contributed by atoms with Crippen molar-refractivity contribution in [1.29, 1.82) is 0 Å². The molecule has 0 N–H and O–H groups in total. The lowest BCUT2D eigenvalue weighted by Gasteiger charge is -2.06. The third-order valence-corrected chi connectivity index (χ3v) is 2.82. The maximum atomic E-state index is 10.8. The first kappa shape index (κ1) is 12.6. The number of hydrogen-bond donors (Lipinski definition) is 0. The lowest BCUT2D eigenvalue weighted by Crippen LogP contribution is -1.96. The van der Waals surface area contributed by atoms with Crippen molar-refractivity contribution in [2.75, 3.05) is 6.61 Å². The fourth-order valence-electron chi connectivity index (χ4n) is 1.57. The van der Waals surface area contributed by atoms with Crippen molar-refractivity contribution >= 4 is 28.2 Å². The van der Waals surface area contributed by atoms with Crippen LogP contribution in [0.15, 0.2) is 24.4 Å². The minimum atomic E-state index is -0.547. The summed E-state index contributed by atoms with van der Waals surface area (Å²) in [5, 5.41) is 11.4. The zero-order chi connectivity index (χ0) is 13.1. The van der Waals surface area contributed by atoms with Gasteiger partial charge in [-0.3, -0.25) is 10.1 Å². The van der Waals surface area contributed by atoms with E-state index in [-0.39, 0.29) is 10.7 Å². The first-order chi connectivity index (χ1) is 8.63. The molecule has 0 amide bonds. The molecule has 0 saturated heterocycles. The van der Waals surface area contributed by atoms with Gasteiger partial charge in [0.05, 0.1) is 17.0 Å². The summed E-state index contributed by atoms with van der Waals surface area (Å²) in [6.45, 7) is 2.59. The highest BCUT2D eigenvalue weighted by atomic mass is 35.5. The third kappa shape index (κ3) is 2.36. The summed E-state index contributed by atoms with van der Waals surface area (Å²) in [4.78, 5) is 14.2. The Bertz CT molecular complexity index is 601. The number of rotatable bonds is 4. The second-order valence-electron chi connectivity index (χ2n) is 3.74. The molecule has 0 aliphatic heterocycles. The number of hydrogen-bond acceptors (Lipinski definition) is 4. The summed E-state index contributed by atoms with van der Waals surface area (Å²) in [5.41, 5.74) is 0.409. The third-order valence-electron chi connectivity index (χ3n) is 2.42. The van der Waals surface area contributed by atoms with Crippen LogP contribution in [0.1, 0.15) is 13.3 Å². The Morgan fingerprint density at radius 2 is 2.28 bits per heavy atom. The van der Waals surface area contributed by atoms with Gasteiger partial charge in [0.2, 0.25) is 0 Å². The van der Waals surface area contributed by atoms with Gasteiger partial charge < -0.3 is 4.74 Å². The lowest BCUT2D eigenvalue weighted by atomic mass is 10.2. The predicted octanol–water partition coefficient (Wildman–Crippen LogP) is 3.59. The highest BCUT2D eigenvalue weighted by Crippen LogP contribution is 2.32. The summed E-state index contributed by atoms with van der Waals surface area (Å²) in [6.07, 6.45) is 2.05. The maximum Gasteiger partial charge on any atom is 0.306 e.